The van der Waals surface area contributed by atoms with Crippen LogP contribution < -0.4 is 0 Å². The third-order valence-electron chi connectivity index (χ3n) is 2.56. The first-order chi connectivity index (χ1) is 9.83. The first-order valence-corrected chi connectivity index (χ1v) is 7.16. The van der Waals surface area contributed by atoms with Gasteiger partial charge in [0.15, 0.2) is 0 Å². The average Bonchev–Trinajstić information content (AvgIpc) is 2.41. The Balaban J connectivity index is 2.85. The van der Waals surface area contributed by atoms with Crippen LogP contribution in [-0.4, -0.2) is 22.5 Å². The van der Waals surface area contributed by atoms with E-state index in [4.69, 9.17) is 9.47 Å². The number of carbonyl (C=O) groups is 2. The Morgan fingerprint density at radius 2 is 2.00 bits per heavy atom. The average molecular weight is 293 g/mol. The minimum absolute atomic E-state index is 0.280. The zero-order valence-electron chi connectivity index (χ0n) is 13.1. The minimum atomic E-state index is -1.12. The molecule has 0 aromatic carbocycles. The highest BCUT2D eigenvalue weighted by atomic mass is 16.6. The SMILES string of the molecule is CCCCC(=O)OC(C(=O)OC(C)(C)C)c1ccccn1. The Morgan fingerprint density at radius 1 is 1.29 bits per heavy atom. The highest BCUT2D eigenvalue weighted by Crippen LogP contribution is 2.21. The number of pyridine rings is 1. The van der Waals surface area contributed by atoms with Crippen molar-refractivity contribution in [2.24, 2.45) is 0 Å². The van der Waals surface area contributed by atoms with Crippen molar-refractivity contribution in [3.8, 4) is 0 Å². The molecule has 0 radical (unpaired) electrons. The highest BCUT2D eigenvalue weighted by Gasteiger charge is 2.30. The molecule has 1 atom stereocenters. The van der Waals surface area contributed by atoms with Crippen LogP contribution in [0.15, 0.2) is 24.4 Å². The maximum Gasteiger partial charge on any atom is 0.354 e. The third kappa shape index (κ3) is 6.38. The fourth-order valence-corrected chi connectivity index (χ4v) is 1.63. The summed E-state index contributed by atoms with van der Waals surface area (Å²) in [6.45, 7) is 7.27. The van der Waals surface area contributed by atoms with Gasteiger partial charge in [0.05, 0.1) is 5.69 Å². The predicted octanol–water partition coefficient (Wildman–Crippen LogP) is 3.20. The maximum absolute atomic E-state index is 12.2. The summed E-state index contributed by atoms with van der Waals surface area (Å²) in [5.74, 6) is -1.02. The number of rotatable bonds is 6. The zero-order valence-corrected chi connectivity index (χ0v) is 13.1. The quantitative estimate of drug-likeness (QED) is 0.754. The van der Waals surface area contributed by atoms with E-state index in [2.05, 4.69) is 4.98 Å². The molecule has 1 rings (SSSR count). The lowest BCUT2D eigenvalue weighted by atomic mass is 10.1. The van der Waals surface area contributed by atoms with Gasteiger partial charge in [-0.25, -0.2) is 4.79 Å². The van der Waals surface area contributed by atoms with E-state index in [1.165, 1.54) is 0 Å². The topological polar surface area (TPSA) is 65.5 Å². The van der Waals surface area contributed by atoms with Crippen LogP contribution >= 0.6 is 0 Å². The number of aromatic nitrogens is 1. The molecule has 0 saturated carbocycles. The number of nitrogens with zero attached hydrogens (tertiary/aromatic N) is 1. The van der Waals surface area contributed by atoms with E-state index >= 15 is 0 Å². The fourth-order valence-electron chi connectivity index (χ4n) is 1.63. The maximum atomic E-state index is 12.2. The molecule has 0 amide bonds. The molecule has 0 fully saturated rings. The second-order valence-electron chi connectivity index (χ2n) is 5.76. The van der Waals surface area contributed by atoms with Crippen molar-refractivity contribution >= 4 is 11.9 Å². The molecule has 116 valence electrons. The Labute approximate surface area is 125 Å². The summed E-state index contributed by atoms with van der Waals surface area (Å²) >= 11 is 0. The van der Waals surface area contributed by atoms with Crippen LogP contribution in [0, 0.1) is 0 Å². The summed E-state index contributed by atoms with van der Waals surface area (Å²) in [5, 5.41) is 0. The van der Waals surface area contributed by atoms with Crippen molar-refractivity contribution in [3.63, 3.8) is 0 Å². The molecule has 0 aliphatic rings. The Kier molecular flexibility index (Phi) is 6.34. The van der Waals surface area contributed by atoms with Crippen LogP contribution in [0.3, 0.4) is 0 Å². The Hall–Kier alpha value is -1.91. The van der Waals surface area contributed by atoms with Crippen LogP contribution in [0.25, 0.3) is 0 Å². The first kappa shape index (κ1) is 17.1. The van der Waals surface area contributed by atoms with Gasteiger partial charge in [0, 0.05) is 12.6 Å². The molecule has 5 heteroatoms. The number of ether oxygens (including phenoxy) is 2. The van der Waals surface area contributed by atoms with Crippen molar-refractivity contribution in [1.29, 1.82) is 0 Å². The van der Waals surface area contributed by atoms with Crippen molar-refractivity contribution < 1.29 is 19.1 Å². The van der Waals surface area contributed by atoms with Crippen molar-refractivity contribution in [1.82, 2.24) is 4.98 Å². The van der Waals surface area contributed by atoms with E-state index < -0.39 is 23.6 Å². The standard InChI is InChI=1S/C16H23NO4/c1-5-6-10-13(18)20-14(12-9-7-8-11-17-12)15(19)21-16(2,3)4/h7-9,11,14H,5-6,10H2,1-4H3. The van der Waals surface area contributed by atoms with Gasteiger partial charge in [0.25, 0.3) is 0 Å². The lowest BCUT2D eigenvalue weighted by Crippen LogP contribution is -2.30. The number of unbranched alkanes of at least 4 members (excludes halogenated alkanes) is 1. The van der Waals surface area contributed by atoms with Crippen LogP contribution in [0.4, 0.5) is 0 Å². The summed E-state index contributed by atoms with van der Waals surface area (Å²) in [5.41, 5.74) is -0.281. The van der Waals surface area contributed by atoms with Gasteiger partial charge in [0.1, 0.15) is 5.60 Å². The van der Waals surface area contributed by atoms with Crippen LogP contribution in [0.2, 0.25) is 0 Å². The molecule has 0 N–H and O–H groups in total. The normalized spacial score (nSPS) is 12.6. The molecule has 1 heterocycles. The minimum Gasteiger partial charge on any atom is -0.457 e. The number of hydrogen-bond acceptors (Lipinski definition) is 5. The summed E-state index contributed by atoms with van der Waals surface area (Å²) in [4.78, 5) is 28.1. The second-order valence-corrected chi connectivity index (χ2v) is 5.76. The number of carbonyl (C=O) groups excluding carboxylic acids is 2. The predicted molar refractivity (Wildman–Crippen MR) is 78.4 cm³/mol. The molecule has 1 aromatic heterocycles. The number of esters is 2. The molecule has 0 aliphatic heterocycles. The van der Waals surface area contributed by atoms with Gasteiger partial charge in [0.2, 0.25) is 6.10 Å². The van der Waals surface area contributed by atoms with Gasteiger partial charge in [-0.1, -0.05) is 19.4 Å². The smallest absolute Gasteiger partial charge is 0.354 e. The summed E-state index contributed by atoms with van der Waals surface area (Å²) in [6, 6.07) is 5.11. The molecule has 0 bridgehead atoms. The molecule has 0 spiro atoms. The third-order valence-corrected chi connectivity index (χ3v) is 2.56. The lowest BCUT2D eigenvalue weighted by molar-refractivity contribution is -0.176. The van der Waals surface area contributed by atoms with Crippen molar-refractivity contribution in [3.05, 3.63) is 30.1 Å². The molecule has 0 saturated heterocycles. The summed E-state index contributed by atoms with van der Waals surface area (Å²) in [6.07, 6.45) is 2.32. The van der Waals surface area contributed by atoms with Crippen LogP contribution in [-0.2, 0) is 19.1 Å². The van der Waals surface area contributed by atoms with Gasteiger partial charge >= 0.3 is 11.9 Å². The van der Waals surface area contributed by atoms with Crippen LogP contribution in [0.1, 0.15) is 58.8 Å². The lowest BCUT2D eigenvalue weighted by Gasteiger charge is -2.23. The molecule has 1 unspecified atom stereocenters. The molecule has 0 aliphatic carbocycles. The highest BCUT2D eigenvalue weighted by molar-refractivity contribution is 5.80. The van der Waals surface area contributed by atoms with Crippen molar-refractivity contribution in [2.75, 3.05) is 0 Å². The zero-order chi connectivity index (χ0) is 15.9. The molecular weight excluding hydrogens is 270 g/mol. The van der Waals surface area contributed by atoms with E-state index in [1.807, 2.05) is 6.92 Å². The van der Waals surface area contributed by atoms with Crippen LogP contribution in [0.5, 0.6) is 0 Å². The number of hydrogen-bond donors (Lipinski definition) is 0. The van der Waals surface area contributed by atoms with E-state index in [0.29, 0.717) is 5.69 Å². The largest absolute Gasteiger partial charge is 0.457 e. The van der Waals surface area contributed by atoms with Gasteiger partial charge in [-0.15, -0.1) is 0 Å². The van der Waals surface area contributed by atoms with Gasteiger partial charge < -0.3 is 9.47 Å². The molecule has 1 aromatic rings. The Morgan fingerprint density at radius 3 is 2.52 bits per heavy atom. The second kappa shape index (κ2) is 7.76. The van der Waals surface area contributed by atoms with Gasteiger partial charge in [-0.05, 0) is 39.3 Å². The van der Waals surface area contributed by atoms with E-state index in [9.17, 15) is 9.59 Å². The van der Waals surface area contributed by atoms with Gasteiger partial charge in [-0.3, -0.25) is 9.78 Å². The monoisotopic (exact) mass is 293 g/mol. The van der Waals surface area contributed by atoms with Crippen molar-refractivity contribution in [2.45, 2.75) is 58.7 Å². The van der Waals surface area contributed by atoms with E-state index in [1.54, 1.807) is 45.2 Å². The first-order valence-electron chi connectivity index (χ1n) is 7.16. The summed E-state index contributed by atoms with van der Waals surface area (Å²) < 4.78 is 10.6. The summed E-state index contributed by atoms with van der Waals surface area (Å²) in [7, 11) is 0. The fraction of sp³-hybridized carbons (Fsp3) is 0.562. The van der Waals surface area contributed by atoms with E-state index in [-0.39, 0.29) is 6.42 Å². The van der Waals surface area contributed by atoms with Gasteiger partial charge in [-0.2, -0.15) is 0 Å². The van der Waals surface area contributed by atoms with E-state index in [0.717, 1.165) is 12.8 Å². The molecule has 5 nitrogen and oxygen atoms in total. The molecular formula is C16H23NO4. The Bertz CT molecular complexity index is 465. The molecule has 21 heavy (non-hydrogen) atoms.